The first-order chi connectivity index (χ1) is 12.6. The van der Waals surface area contributed by atoms with Gasteiger partial charge in [0.05, 0.1) is 5.25 Å². The van der Waals surface area contributed by atoms with Crippen LogP contribution in [0.4, 0.5) is 0 Å². The van der Waals surface area contributed by atoms with E-state index in [1.54, 1.807) is 0 Å². The maximum atomic E-state index is 12.8. The third-order valence-electron chi connectivity index (χ3n) is 4.70. The van der Waals surface area contributed by atoms with Crippen LogP contribution in [0.5, 0.6) is 0 Å². The molecule has 4 nitrogen and oxygen atoms in total. The molecule has 1 atom stereocenters. The summed E-state index contributed by atoms with van der Waals surface area (Å²) in [5.41, 5.74) is 5.48. The Morgan fingerprint density at radius 1 is 1.12 bits per heavy atom. The third-order valence-corrected chi connectivity index (χ3v) is 5.64. The largest absolute Gasteiger partial charge is 0.411 e. The highest BCUT2D eigenvalue weighted by Gasteiger charge is 2.22. The van der Waals surface area contributed by atoms with Crippen molar-refractivity contribution in [1.82, 2.24) is 10.2 Å². The monoisotopic (exact) mass is 364 g/mol. The number of thioether (sulfide) groups is 1. The molecule has 1 aliphatic rings. The van der Waals surface area contributed by atoms with Gasteiger partial charge in [-0.2, -0.15) is 0 Å². The van der Waals surface area contributed by atoms with Gasteiger partial charge in [-0.15, -0.1) is 10.2 Å². The number of Topliss-reactive ketones (excluding diaryl/α,β-unsaturated/α-hetero) is 1. The Hall–Kier alpha value is -2.40. The number of benzene rings is 2. The van der Waals surface area contributed by atoms with Crippen LogP contribution in [0.1, 0.15) is 40.4 Å². The molecule has 132 valence electrons. The molecule has 0 aliphatic heterocycles. The number of aromatic nitrogens is 2. The second-order valence-electron chi connectivity index (χ2n) is 6.70. The minimum atomic E-state index is -0.278. The third kappa shape index (κ3) is 3.44. The van der Waals surface area contributed by atoms with Gasteiger partial charge in [0.15, 0.2) is 5.78 Å². The number of rotatable bonds is 5. The lowest BCUT2D eigenvalue weighted by Gasteiger charge is -2.09. The van der Waals surface area contributed by atoms with Crippen molar-refractivity contribution in [1.29, 1.82) is 0 Å². The van der Waals surface area contributed by atoms with E-state index in [1.807, 2.05) is 50.2 Å². The number of hydrogen-bond acceptors (Lipinski definition) is 5. The average molecular weight is 364 g/mol. The summed E-state index contributed by atoms with van der Waals surface area (Å²) in [4.78, 5) is 12.8. The Bertz CT molecular complexity index is 964. The number of aryl methyl sites for hydroxylation is 3. The van der Waals surface area contributed by atoms with Gasteiger partial charge in [0, 0.05) is 11.1 Å². The van der Waals surface area contributed by atoms with Crippen LogP contribution in [0.25, 0.3) is 11.5 Å². The zero-order valence-corrected chi connectivity index (χ0v) is 15.7. The van der Waals surface area contributed by atoms with Gasteiger partial charge in [-0.25, -0.2) is 0 Å². The van der Waals surface area contributed by atoms with E-state index >= 15 is 0 Å². The molecule has 0 bridgehead atoms. The van der Waals surface area contributed by atoms with Crippen molar-refractivity contribution in [3.8, 4) is 11.5 Å². The molecule has 3 aromatic rings. The SMILES string of the molecule is Cc1cccc(-c2nnc(S[C@H](C)C(=O)c3ccc4c(c3)CCC4)o2)c1. The lowest BCUT2D eigenvalue weighted by molar-refractivity contribution is 0.0993. The predicted octanol–water partition coefficient (Wildman–Crippen LogP) is 4.90. The molecule has 26 heavy (non-hydrogen) atoms. The molecule has 1 aromatic heterocycles. The van der Waals surface area contributed by atoms with Gasteiger partial charge in [0.1, 0.15) is 0 Å². The van der Waals surface area contributed by atoms with Crippen LogP contribution in [0.15, 0.2) is 52.1 Å². The second-order valence-corrected chi connectivity index (χ2v) is 8.00. The Morgan fingerprint density at radius 3 is 2.81 bits per heavy atom. The van der Waals surface area contributed by atoms with Crippen molar-refractivity contribution in [3.05, 3.63) is 64.7 Å². The average Bonchev–Trinajstić information content (AvgIpc) is 3.29. The minimum absolute atomic E-state index is 0.0972. The van der Waals surface area contributed by atoms with Gasteiger partial charge in [0.2, 0.25) is 5.89 Å². The van der Waals surface area contributed by atoms with E-state index in [9.17, 15) is 4.79 Å². The highest BCUT2D eigenvalue weighted by molar-refractivity contribution is 8.00. The molecule has 0 radical (unpaired) electrons. The molecule has 4 rings (SSSR count). The quantitative estimate of drug-likeness (QED) is 0.476. The smallest absolute Gasteiger partial charge is 0.277 e. The molecule has 0 fully saturated rings. The van der Waals surface area contributed by atoms with E-state index in [2.05, 4.69) is 16.3 Å². The lowest BCUT2D eigenvalue weighted by Crippen LogP contribution is -2.13. The number of carbonyl (C=O) groups is 1. The van der Waals surface area contributed by atoms with Gasteiger partial charge >= 0.3 is 0 Å². The van der Waals surface area contributed by atoms with Crippen molar-refractivity contribution in [3.63, 3.8) is 0 Å². The van der Waals surface area contributed by atoms with E-state index in [1.165, 1.54) is 29.3 Å². The molecule has 0 unspecified atom stereocenters. The normalized spacial score (nSPS) is 14.2. The van der Waals surface area contributed by atoms with Gasteiger partial charge < -0.3 is 4.42 Å². The van der Waals surface area contributed by atoms with Crippen LogP contribution in [-0.2, 0) is 12.8 Å². The van der Waals surface area contributed by atoms with Crippen molar-refractivity contribution in [2.24, 2.45) is 0 Å². The highest BCUT2D eigenvalue weighted by atomic mass is 32.2. The van der Waals surface area contributed by atoms with Crippen LogP contribution >= 0.6 is 11.8 Å². The highest BCUT2D eigenvalue weighted by Crippen LogP contribution is 2.29. The molecule has 0 N–H and O–H groups in total. The fourth-order valence-corrected chi connectivity index (χ4v) is 4.08. The van der Waals surface area contributed by atoms with Crippen LogP contribution in [0, 0.1) is 6.92 Å². The maximum Gasteiger partial charge on any atom is 0.277 e. The molecule has 0 amide bonds. The molecule has 1 aliphatic carbocycles. The van der Waals surface area contributed by atoms with Crippen molar-refractivity contribution >= 4 is 17.5 Å². The molecule has 2 aromatic carbocycles. The number of carbonyl (C=O) groups excluding carboxylic acids is 1. The number of hydrogen-bond donors (Lipinski definition) is 0. The topological polar surface area (TPSA) is 56.0 Å². The van der Waals surface area contributed by atoms with E-state index in [4.69, 9.17) is 4.42 Å². The first-order valence-electron chi connectivity index (χ1n) is 8.83. The van der Waals surface area contributed by atoms with Crippen LogP contribution in [0.3, 0.4) is 0 Å². The summed E-state index contributed by atoms with van der Waals surface area (Å²) in [7, 11) is 0. The summed E-state index contributed by atoms with van der Waals surface area (Å²) in [5.74, 6) is 0.577. The van der Waals surface area contributed by atoms with Crippen molar-refractivity contribution < 1.29 is 9.21 Å². The summed E-state index contributed by atoms with van der Waals surface area (Å²) in [5, 5.41) is 8.34. The molecule has 5 heteroatoms. The molecule has 1 heterocycles. The summed E-state index contributed by atoms with van der Waals surface area (Å²) in [6, 6.07) is 14.0. The number of ketones is 1. The predicted molar refractivity (Wildman–Crippen MR) is 103 cm³/mol. The molecule has 0 saturated carbocycles. The Morgan fingerprint density at radius 2 is 1.96 bits per heavy atom. The van der Waals surface area contributed by atoms with Gasteiger partial charge in [-0.05, 0) is 62.4 Å². The maximum absolute atomic E-state index is 12.8. The van der Waals surface area contributed by atoms with Crippen LogP contribution < -0.4 is 0 Å². The fraction of sp³-hybridized carbons (Fsp3) is 0.286. The zero-order chi connectivity index (χ0) is 18.1. The van der Waals surface area contributed by atoms with Crippen molar-refractivity contribution in [2.75, 3.05) is 0 Å². The number of nitrogens with zero attached hydrogens (tertiary/aromatic N) is 2. The molecular weight excluding hydrogens is 344 g/mol. The Kier molecular flexibility index (Phi) is 4.64. The fourth-order valence-electron chi connectivity index (χ4n) is 3.32. The lowest BCUT2D eigenvalue weighted by atomic mass is 10.0. The first kappa shape index (κ1) is 17.0. The first-order valence-corrected chi connectivity index (χ1v) is 9.71. The molecule has 0 spiro atoms. The van der Waals surface area contributed by atoms with Crippen LogP contribution in [-0.4, -0.2) is 21.2 Å². The zero-order valence-electron chi connectivity index (χ0n) is 14.9. The summed E-state index contributed by atoms with van der Waals surface area (Å²) in [6.07, 6.45) is 3.38. The van der Waals surface area contributed by atoms with Gasteiger partial charge in [-0.3, -0.25) is 4.79 Å². The Balaban J connectivity index is 1.48. The van der Waals surface area contributed by atoms with E-state index < -0.39 is 0 Å². The molecular formula is C21H20N2O2S. The summed E-state index contributed by atoms with van der Waals surface area (Å²) >= 11 is 1.31. The Labute approximate surface area is 157 Å². The standard InChI is InChI=1S/C21H20N2O2S/c1-13-5-3-8-18(11-13)20-22-23-21(25-20)26-14(2)19(24)17-10-9-15-6-4-7-16(15)12-17/h3,5,8-12,14H,4,6-7H2,1-2H3/t14-/m1/s1. The van der Waals surface area contributed by atoms with Crippen molar-refractivity contribution in [2.45, 2.75) is 43.6 Å². The number of fused-ring (bicyclic) bond motifs is 1. The summed E-state index contributed by atoms with van der Waals surface area (Å²) < 4.78 is 5.74. The summed E-state index contributed by atoms with van der Waals surface area (Å²) in [6.45, 7) is 3.91. The van der Waals surface area contributed by atoms with Gasteiger partial charge in [-0.1, -0.05) is 41.6 Å². The van der Waals surface area contributed by atoms with E-state index in [0.717, 1.165) is 29.5 Å². The minimum Gasteiger partial charge on any atom is -0.411 e. The van der Waals surface area contributed by atoms with Gasteiger partial charge in [0.25, 0.3) is 5.22 Å². The second kappa shape index (κ2) is 7.08. The van der Waals surface area contributed by atoms with E-state index in [0.29, 0.717) is 11.1 Å². The van der Waals surface area contributed by atoms with E-state index in [-0.39, 0.29) is 11.0 Å². The molecule has 0 saturated heterocycles. The van der Waals surface area contributed by atoms with Crippen LogP contribution in [0.2, 0.25) is 0 Å².